The van der Waals surface area contributed by atoms with E-state index < -0.39 is 13.8 Å². The fraction of sp³-hybridized carbons (Fsp3) is 0.400. The van der Waals surface area contributed by atoms with Gasteiger partial charge in [0.1, 0.15) is 29.5 Å². The Labute approximate surface area is 242 Å². The van der Waals surface area contributed by atoms with Crippen LogP contribution in [0.4, 0.5) is 5.82 Å². The third-order valence-electron chi connectivity index (χ3n) is 6.30. The van der Waals surface area contributed by atoms with Crippen molar-refractivity contribution in [3.8, 4) is 5.75 Å². The Bertz CT molecular complexity index is 1410. The summed E-state index contributed by atoms with van der Waals surface area (Å²) in [5.74, 6) is 0.684. The Morgan fingerprint density at radius 1 is 1.00 bits per heavy atom. The molecule has 0 spiro atoms. The Kier molecular flexibility index (Phi) is 10.3. The molecular weight excluding hydrogens is 539 g/mol. The van der Waals surface area contributed by atoms with Crippen LogP contribution in [0.15, 0.2) is 67.3 Å². The van der Waals surface area contributed by atoms with Gasteiger partial charge in [-0.25, -0.2) is 20.0 Å². The number of anilines is 1. The number of fused-ring (bicyclic) bond motifs is 1. The van der Waals surface area contributed by atoms with E-state index in [2.05, 4.69) is 56.4 Å². The van der Waals surface area contributed by atoms with Gasteiger partial charge in [-0.1, -0.05) is 42.5 Å². The van der Waals surface area contributed by atoms with Crippen molar-refractivity contribution in [1.29, 1.82) is 0 Å². The van der Waals surface area contributed by atoms with Crippen LogP contribution in [-0.4, -0.2) is 49.6 Å². The van der Waals surface area contributed by atoms with E-state index in [1.807, 2.05) is 43.5 Å². The molecule has 0 saturated carbocycles. The molecule has 41 heavy (non-hydrogen) atoms. The molecule has 0 amide bonds. The first kappa shape index (κ1) is 30.4. The number of nitrogens with zero attached hydrogens (tertiary/aromatic N) is 4. The predicted molar refractivity (Wildman–Crippen MR) is 161 cm³/mol. The summed E-state index contributed by atoms with van der Waals surface area (Å²) in [5, 5.41) is 3.35. The van der Waals surface area contributed by atoms with Crippen LogP contribution in [0.2, 0.25) is 0 Å². The van der Waals surface area contributed by atoms with Crippen LogP contribution in [-0.2, 0) is 33.7 Å². The number of aromatic nitrogens is 4. The van der Waals surface area contributed by atoms with Crippen molar-refractivity contribution in [2.45, 2.75) is 71.8 Å². The zero-order valence-corrected chi connectivity index (χ0v) is 25.2. The van der Waals surface area contributed by atoms with E-state index >= 15 is 0 Å². The SMILES string of the molecule is CC(C)OC(=O)C(C)(C)NP(CO[C@H](C)Cn1cnc2c(N)ncnc21)Oc1ccc(CCc2ccccc2)cc1. The highest BCUT2D eigenvalue weighted by molar-refractivity contribution is 7.50. The molecule has 1 unspecified atom stereocenters. The molecule has 10 nitrogen and oxygen atoms in total. The summed E-state index contributed by atoms with van der Waals surface area (Å²) in [6, 6.07) is 18.5. The van der Waals surface area contributed by atoms with Crippen molar-refractivity contribution in [3.63, 3.8) is 0 Å². The minimum Gasteiger partial charge on any atom is -0.462 e. The van der Waals surface area contributed by atoms with E-state index in [0.29, 0.717) is 29.3 Å². The van der Waals surface area contributed by atoms with E-state index in [0.717, 1.165) is 12.8 Å². The first-order valence-electron chi connectivity index (χ1n) is 13.7. The maximum absolute atomic E-state index is 12.8. The molecule has 2 aromatic carbocycles. The second-order valence-electron chi connectivity index (χ2n) is 10.7. The van der Waals surface area contributed by atoms with Crippen LogP contribution in [0.1, 0.15) is 45.7 Å². The number of nitrogens with two attached hydrogens (primary N) is 1. The van der Waals surface area contributed by atoms with Gasteiger partial charge in [0.25, 0.3) is 0 Å². The molecule has 0 aliphatic rings. The predicted octanol–water partition coefficient (Wildman–Crippen LogP) is 5.27. The summed E-state index contributed by atoms with van der Waals surface area (Å²) < 4.78 is 19.9. The molecule has 0 bridgehead atoms. The lowest BCUT2D eigenvalue weighted by Gasteiger charge is -2.30. The maximum Gasteiger partial charge on any atom is 0.326 e. The number of benzene rings is 2. The van der Waals surface area contributed by atoms with Crippen LogP contribution in [0.3, 0.4) is 0 Å². The number of rotatable bonds is 14. The highest BCUT2D eigenvalue weighted by Gasteiger charge is 2.34. The van der Waals surface area contributed by atoms with Crippen molar-refractivity contribution >= 4 is 31.3 Å². The Hall–Kier alpha value is -3.59. The second-order valence-corrected chi connectivity index (χ2v) is 12.1. The van der Waals surface area contributed by atoms with Gasteiger partial charge in [0.2, 0.25) is 0 Å². The van der Waals surface area contributed by atoms with Gasteiger partial charge in [0.15, 0.2) is 19.8 Å². The Morgan fingerprint density at radius 2 is 1.68 bits per heavy atom. The van der Waals surface area contributed by atoms with E-state index in [-0.39, 0.29) is 24.5 Å². The molecule has 4 aromatic rings. The standard InChI is InChI=1S/C30H39N6O4P/c1-21(2)39-29(37)30(4,5)35-41(20-38-22(3)17-36-19-34-26-27(31)32-18-33-28(26)36)40-25-15-13-24(14-16-25)12-11-23-9-7-6-8-10-23/h6-10,13-16,18-19,21-22,35H,11-12,17,20H2,1-5H3,(H2,31,32,33)/t22-,41?/m1/s1. The number of nitrogen functional groups attached to an aromatic ring is 1. The molecule has 2 aromatic heterocycles. The molecule has 2 atom stereocenters. The third kappa shape index (κ3) is 8.70. The molecule has 0 radical (unpaired) electrons. The van der Waals surface area contributed by atoms with E-state index in [1.165, 1.54) is 17.5 Å². The highest BCUT2D eigenvalue weighted by atomic mass is 31.2. The zero-order valence-electron chi connectivity index (χ0n) is 24.3. The molecule has 2 heterocycles. The minimum atomic E-state index is -1.42. The van der Waals surface area contributed by atoms with E-state index in [4.69, 9.17) is 19.7 Å². The summed E-state index contributed by atoms with van der Waals surface area (Å²) in [4.78, 5) is 25.4. The number of aryl methyl sites for hydroxylation is 2. The summed E-state index contributed by atoms with van der Waals surface area (Å²) in [5.41, 5.74) is 8.68. The van der Waals surface area contributed by atoms with Crippen LogP contribution < -0.4 is 15.3 Å². The monoisotopic (exact) mass is 578 g/mol. The van der Waals surface area contributed by atoms with Gasteiger partial charge >= 0.3 is 5.97 Å². The average Bonchev–Trinajstić information content (AvgIpc) is 3.35. The van der Waals surface area contributed by atoms with Gasteiger partial charge < -0.3 is 24.3 Å². The van der Waals surface area contributed by atoms with Crippen molar-refractivity contribution < 1.29 is 18.8 Å². The number of carbonyl (C=O) groups excluding carboxylic acids is 1. The fourth-order valence-corrected chi connectivity index (χ4v) is 5.78. The minimum absolute atomic E-state index is 0.204. The fourth-order valence-electron chi connectivity index (χ4n) is 4.13. The van der Waals surface area contributed by atoms with Crippen LogP contribution in [0, 0.1) is 0 Å². The summed E-state index contributed by atoms with van der Waals surface area (Å²) in [6.07, 6.45) is 4.82. The summed E-state index contributed by atoms with van der Waals surface area (Å²) in [6.45, 7) is 9.70. The average molecular weight is 579 g/mol. The molecule has 4 rings (SSSR count). The van der Waals surface area contributed by atoms with Gasteiger partial charge in [-0.3, -0.25) is 4.79 Å². The Morgan fingerprint density at radius 3 is 2.37 bits per heavy atom. The van der Waals surface area contributed by atoms with Gasteiger partial charge in [0.05, 0.1) is 25.1 Å². The van der Waals surface area contributed by atoms with Crippen LogP contribution in [0.5, 0.6) is 5.75 Å². The molecule has 218 valence electrons. The van der Waals surface area contributed by atoms with Gasteiger partial charge in [0, 0.05) is 0 Å². The molecule has 3 N–H and O–H groups in total. The number of carbonyl (C=O) groups is 1. The van der Waals surface area contributed by atoms with Gasteiger partial charge in [-0.2, -0.15) is 0 Å². The van der Waals surface area contributed by atoms with Gasteiger partial charge in [-0.05, 0) is 70.7 Å². The topological polar surface area (TPSA) is 126 Å². The maximum atomic E-state index is 12.8. The van der Waals surface area contributed by atoms with E-state index in [9.17, 15) is 4.79 Å². The van der Waals surface area contributed by atoms with Crippen molar-refractivity contribution in [2.75, 3.05) is 12.1 Å². The number of hydrogen-bond donors (Lipinski definition) is 2. The number of imidazole rings is 1. The molecule has 0 aliphatic carbocycles. The number of esters is 1. The Balaban J connectivity index is 1.41. The third-order valence-corrected chi connectivity index (χ3v) is 7.92. The van der Waals surface area contributed by atoms with Crippen molar-refractivity contribution in [3.05, 3.63) is 78.4 Å². The zero-order chi connectivity index (χ0) is 29.4. The van der Waals surface area contributed by atoms with Gasteiger partial charge in [-0.15, -0.1) is 0 Å². The highest BCUT2D eigenvalue weighted by Crippen LogP contribution is 2.38. The molecule has 0 fully saturated rings. The lowest BCUT2D eigenvalue weighted by atomic mass is 10.0. The lowest BCUT2D eigenvalue weighted by molar-refractivity contribution is -0.153. The molecule has 0 saturated heterocycles. The summed E-state index contributed by atoms with van der Waals surface area (Å²) in [7, 11) is -1.42. The molecular formula is C30H39N6O4P. The quantitative estimate of drug-likeness (QED) is 0.152. The van der Waals surface area contributed by atoms with E-state index in [1.54, 1.807) is 20.2 Å². The molecule has 0 aliphatic heterocycles. The lowest BCUT2D eigenvalue weighted by Crippen LogP contribution is -2.47. The molecule has 11 heteroatoms. The number of hydrogen-bond acceptors (Lipinski definition) is 9. The largest absolute Gasteiger partial charge is 0.462 e. The first-order chi connectivity index (χ1) is 19.6. The summed E-state index contributed by atoms with van der Waals surface area (Å²) >= 11 is 0. The van der Waals surface area contributed by atoms with Crippen molar-refractivity contribution in [2.24, 2.45) is 0 Å². The van der Waals surface area contributed by atoms with Crippen LogP contribution >= 0.6 is 8.30 Å². The van der Waals surface area contributed by atoms with Crippen LogP contribution in [0.25, 0.3) is 11.2 Å². The van der Waals surface area contributed by atoms with Crippen molar-refractivity contribution in [1.82, 2.24) is 24.6 Å². The number of ether oxygens (including phenoxy) is 2. The second kappa shape index (κ2) is 13.9. The normalized spacial score (nSPS) is 13.3. The smallest absolute Gasteiger partial charge is 0.326 e. The first-order valence-corrected chi connectivity index (χ1v) is 15.2. The number of nitrogens with one attached hydrogen (secondary N) is 1.